The normalized spacial score (nSPS) is 22.2. The van der Waals surface area contributed by atoms with Gasteiger partial charge in [0.1, 0.15) is 0 Å². The van der Waals surface area contributed by atoms with Crippen molar-refractivity contribution in [3.05, 3.63) is 44.5 Å². The zero-order chi connectivity index (χ0) is 9.54. The van der Waals surface area contributed by atoms with E-state index in [0.29, 0.717) is 5.92 Å². The Morgan fingerprint density at radius 1 is 1.21 bits per heavy atom. The van der Waals surface area contributed by atoms with Crippen LogP contribution in [0.3, 0.4) is 0 Å². The predicted octanol–water partition coefficient (Wildman–Crippen LogP) is 2.09. The maximum atomic E-state index is 2.29. The predicted molar refractivity (Wildman–Crippen MR) is 62.9 cm³/mol. The Morgan fingerprint density at radius 3 is 3.00 bits per heavy atom. The van der Waals surface area contributed by atoms with E-state index in [0.717, 1.165) is 6.42 Å². The van der Waals surface area contributed by atoms with Crippen LogP contribution in [-0.4, -0.2) is 0 Å². The molecule has 1 aromatic rings. The Kier molecular flexibility index (Phi) is 1.74. The summed E-state index contributed by atoms with van der Waals surface area (Å²) in [5, 5.41) is 0. The summed E-state index contributed by atoms with van der Waals surface area (Å²) < 4.78 is 2.93. The molecule has 0 spiro atoms. The largest absolute Gasteiger partial charge is 0.136 e. The summed E-state index contributed by atoms with van der Waals surface area (Å²) in [4.78, 5) is 0. The van der Waals surface area contributed by atoms with Gasteiger partial charge in [0.25, 0.3) is 0 Å². The van der Waals surface area contributed by atoms with Crippen LogP contribution in [0.4, 0.5) is 0 Å². The molecule has 0 amide bonds. The van der Waals surface area contributed by atoms with Crippen LogP contribution in [-0.2, 0) is 6.42 Å². The first kappa shape index (κ1) is 8.25. The molecule has 1 heterocycles. The SMILES string of the molecule is CC1C=CC=c2sc3c(c21)CC=CC=3. The number of allylic oxidation sites excluding steroid dienone is 4. The molecule has 0 aromatic carbocycles. The smallest absolute Gasteiger partial charge is 0.0317 e. The minimum atomic E-state index is 0.592. The van der Waals surface area contributed by atoms with Crippen molar-refractivity contribution in [2.45, 2.75) is 19.3 Å². The third-order valence-corrected chi connectivity index (χ3v) is 4.09. The Morgan fingerprint density at radius 2 is 2.07 bits per heavy atom. The zero-order valence-electron chi connectivity index (χ0n) is 8.16. The van der Waals surface area contributed by atoms with Crippen LogP contribution >= 0.6 is 11.3 Å². The van der Waals surface area contributed by atoms with Crippen LogP contribution in [0.2, 0.25) is 0 Å². The van der Waals surface area contributed by atoms with E-state index in [1.54, 1.807) is 11.1 Å². The second-order valence-electron chi connectivity index (χ2n) is 3.86. The Balaban J connectivity index is 2.38. The van der Waals surface area contributed by atoms with Gasteiger partial charge < -0.3 is 0 Å². The molecule has 0 radical (unpaired) electrons. The van der Waals surface area contributed by atoms with Crippen LogP contribution < -0.4 is 9.06 Å². The van der Waals surface area contributed by atoms with Crippen molar-refractivity contribution in [3.8, 4) is 0 Å². The third kappa shape index (κ3) is 1.05. The van der Waals surface area contributed by atoms with Crippen molar-refractivity contribution in [2.24, 2.45) is 0 Å². The summed E-state index contributed by atoms with van der Waals surface area (Å²) in [5.41, 5.74) is 3.12. The molecule has 0 fully saturated rings. The van der Waals surface area contributed by atoms with Gasteiger partial charge in [-0.25, -0.2) is 0 Å². The molecule has 1 atom stereocenters. The van der Waals surface area contributed by atoms with Gasteiger partial charge in [-0.3, -0.25) is 0 Å². The lowest BCUT2D eigenvalue weighted by Gasteiger charge is -2.11. The monoisotopic (exact) mass is 200 g/mol. The van der Waals surface area contributed by atoms with Gasteiger partial charge in [-0.1, -0.05) is 31.2 Å². The van der Waals surface area contributed by atoms with Gasteiger partial charge in [-0.2, -0.15) is 0 Å². The first-order valence-electron chi connectivity index (χ1n) is 5.03. The standard InChI is InChI=1S/C13H12S/c1-9-5-4-8-12-13(9)10-6-2-3-7-11(10)14-12/h2-5,7-9H,6H2,1H3. The van der Waals surface area contributed by atoms with E-state index < -0.39 is 0 Å². The lowest BCUT2D eigenvalue weighted by atomic mass is 9.93. The van der Waals surface area contributed by atoms with E-state index >= 15 is 0 Å². The van der Waals surface area contributed by atoms with E-state index in [-0.39, 0.29) is 0 Å². The van der Waals surface area contributed by atoms with Crippen LogP contribution in [0.25, 0.3) is 12.2 Å². The molecule has 0 aliphatic heterocycles. The highest BCUT2D eigenvalue weighted by atomic mass is 32.1. The van der Waals surface area contributed by atoms with E-state index in [4.69, 9.17) is 0 Å². The second kappa shape index (κ2) is 2.96. The molecule has 2 aliphatic carbocycles. The zero-order valence-corrected chi connectivity index (χ0v) is 8.97. The summed E-state index contributed by atoms with van der Waals surface area (Å²) in [6.45, 7) is 2.29. The summed E-state index contributed by atoms with van der Waals surface area (Å²) in [6, 6.07) is 0. The molecule has 0 saturated heterocycles. The Labute approximate surface area is 87.6 Å². The van der Waals surface area contributed by atoms with E-state index in [2.05, 4.69) is 43.4 Å². The molecule has 0 bridgehead atoms. The van der Waals surface area contributed by atoms with Crippen molar-refractivity contribution < 1.29 is 0 Å². The first-order chi connectivity index (χ1) is 6.86. The molecular formula is C13H12S. The van der Waals surface area contributed by atoms with Crippen molar-refractivity contribution in [1.82, 2.24) is 0 Å². The Hall–Kier alpha value is -1.08. The second-order valence-corrected chi connectivity index (χ2v) is 4.95. The number of rotatable bonds is 0. The summed E-state index contributed by atoms with van der Waals surface area (Å²) in [6.07, 6.45) is 14.5. The molecule has 70 valence electrons. The molecule has 14 heavy (non-hydrogen) atoms. The van der Waals surface area contributed by atoms with Gasteiger partial charge in [0, 0.05) is 15.0 Å². The van der Waals surface area contributed by atoms with Crippen LogP contribution in [0.5, 0.6) is 0 Å². The molecule has 1 heteroatoms. The molecule has 1 unspecified atom stereocenters. The lowest BCUT2D eigenvalue weighted by Crippen LogP contribution is -2.11. The maximum absolute atomic E-state index is 2.29. The maximum Gasteiger partial charge on any atom is 0.0317 e. The highest BCUT2D eigenvalue weighted by Gasteiger charge is 2.15. The third-order valence-electron chi connectivity index (χ3n) is 2.92. The van der Waals surface area contributed by atoms with Crippen LogP contribution in [0.15, 0.2) is 24.3 Å². The van der Waals surface area contributed by atoms with E-state index in [1.807, 2.05) is 11.3 Å². The highest BCUT2D eigenvalue weighted by molar-refractivity contribution is 7.08. The van der Waals surface area contributed by atoms with Crippen LogP contribution in [0, 0.1) is 0 Å². The highest BCUT2D eigenvalue weighted by Crippen LogP contribution is 2.21. The first-order valence-corrected chi connectivity index (χ1v) is 5.85. The summed E-state index contributed by atoms with van der Waals surface area (Å²) in [7, 11) is 0. The number of thiophene rings is 1. The molecular weight excluding hydrogens is 188 g/mol. The van der Waals surface area contributed by atoms with Crippen molar-refractivity contribution in [2.75, 3.05) is 0 Å². The molecule has 1 aromatic heterocycles. The van der Waals surface area contributed by atoms with E-state index in [1.165, 1.54) is 9.06 Å². The topological polar surface area (TPSA) is 0 Å². The molecule has 2 aliphatic rings. The quantitative estimate of drug-likeness (QED) is 0.601. The number of fused-ring (bicyclic) bond motifs is 3. The minimum Gasteiger partial charge on any atom is -0.136 e. The summed E-state index contributed by atoms with van der Waals surface area (Å²) >= 11 is 1.93. The molecule has 0 nitrogen and oxygen atoms in total. The average Bonchev–Trinajstić information content (AvgIpc) is 2.57. The molecule has 3 rings (SSSR count). The van der Waals surface area contributed by atoms with Gasteiger partial charge in [0.05, 0.1) is 0 Å². The van der Waals surface area contributed by atoms with Crippen LogP contribution in [0.1, 0.15) is 24.0 Å². The Bertz CT molecular complexity index is 541. The number of hydrogen-bond acceptors (Lipinski definition) is 1. The van der Waals surface area contributed by atoms with Crippen molar-refractivity contribution >= 4 is 23.5 Å². The minimum absolute atomic E-state index is 0.592. The number of hydrogen-bond donors (Lipinski definition) is 0. The van der Waals surface area contributed by atoms with Gasteiger partial charge in [-0.15, -0.1) is 11.3 Å². The summed E-state index contributed by atoms with van der Waals surface area (Å²) in [5.74, 6) is 0.592. The van der Waals surface area contributed by atoms with Crippen molar-refractivity contribution in [1.29, 1.82) is 0 Å². The molecule has 0 N–H and O–H groups in total. The molecule has 0 saturated carbocycles. The van der Waals surface area contributed by atoms with E-state index in [9.17, 15) is 0 Å². The fourth-order valence-corrected chi connectivity index (χ4v) is 3.50. The van der Waals surface area contributed by atoms with Gasteiger partial charge in [0.2, 0.25) is 0 Å². The lowest BCUT2D eigenvalue weighted by molar-refractivity contribution is 0.936. The van der Waals surface area contributed by atoms with Crippen molar-refractivity contribution in [3.63, 3.8) is 0 Å². The van der Waals surface area contributed by atoms with Gasteiger partial charge in [0.15, 0.2) is 0 Å². The van der Waals surface area contributed by atoms with Gasteiger partial charge >= 0.3 is 0 Å². The fraction of sp³-hybridized carbons (Fsp3) is 0.231. The average molecular weight is 200 g/mol. The fourth-order valence-electron chi connectivity index (χ4n) is 2.23. The van der Waals surface area contributed by atoms with Gasteiger partial charge in [-0.05, 0) is 29.7 Å².